The molecule has 3 aromatic carbocycles. The fourth-order valence-electron chi connectivity index (χ4n) is 2.60. The lowest BCUT2D eigenvalue weighted by Crippen LogP contribution is -2.14. The second kappa shape index (κ2) is 9.35. The lowest BCUT2D eigenvalue weighted by molar-refractivity contribution is 0.102. The van der Waals surface area contributed by atoms with Crippen LogP contribution in [0, 0.1) is 3.57 Å². The Kier molecular flexibility index (Phi) is 6.83. The Morgan fingerprint density at radius 1 is 0.867 bits per heavy atom. The van der Waals surface area contributed by atoms with Crippen LogP contribution in [-0.2, 0) is 10.0 Å². The van der Waals surface area contributed by atoms with E-state index in [0.29, 0.717) is 28.4 Å². The molecule has 0 bridgehead atoms. The lowest BCUT2D eigenvalue weighted by atomic mass is 10.2. The average molecular weight is 538 g/mol. The van der Waals surface area contributed by atoms with Gasteiger partial charge in [0, 0.05) is 16.9 Å². The van der Waals surface area contributed by atoms with Crippen LogP contribution in [0.2, 0.25) is 0 Å². The third-order valence-corrected chi connectivity index (χ3v) is 6.42. The summed E-state index contributed by atoms with van der Waals surface area (Å²) in [6.07, 6.45) is 0. The second-order valence-electron chi connectivity index (χ2n) is 6.16. The molecule has 3 rings (SSSR count). The van der Waals surface area contributed by atoms with E-state index >= 15 is 0 Å². The highest BCUT2D eigenvalue weighted by Crippen LogP contribution is 2.23. The summed E-state index contributed by atoms with van der Waals surface area (Å²) in [7, 11) is -0.660. The molecule has 30 heavy (non-hydrogen) atoms. The number of rotatable bonds is 7. The molecule has 1 amide bonds. The first-order valence-corrected chi connectivity index (χ1v) is 11.3. The number of amides is 1. The normalized spacial score (nSPS) is 10.9. The zero-order valence-electron chi connectivity index (χ0n) is 16.2. The fraction of sp³-hybridized carbons (Fsp3) is 0.0952. The predicted octanol–water partition coefficient (Wildman–Crippen LogP) is 4.36. The monoisotopic (exact) mass is 538 g/mol. The molecule has 0 aliphatic rings. The van der Waals surface area contributed by atoms with Gasteiger partial charge in [0.25, 0.3) is 15.9 Å². The van der Waals surface area contributed by atoms with Crippen molar-refractivity contribution in [1.29, 1.82) is 0 Å². The van der Waals surface area contributed by atoms with Gasteiger partial charge in [-0.15, -0.1) is 0 Å². The van der Waals surface area contributed by atoms with Crippen molar-refractivity contribution in [2.45, 2.75) is 4.90 Å². The van der Waals surface area contributed by atoms with E-state index in [9.17, 15) is 13.2 Å². The maximum absolute atomic E-state index is 12.6. The minimum absolute atomic E-state index is 0.0790. The van der Waals surface area contributed by atoms with Gasteiger partial charge in [-0.2, -0.15) is 0 Å². The largest absolute Gasteiger partial charge is 0.497 e. The number of ether oxygens (including phenoxy) is 2. The molecule has 0 fully saturated rings. The molecule has 0 aliphatic heterocycles. The second-order valence-corrected chi connectivity index (χ2v) is 9.01. The lowest BCUT2D eigenvalue weighted by Gasteiger charge is -2.10. The van der Waals surface area contributed by atoms with E-state index in [1.165, 1.54) is 31.4 Å². The third-order valence-electron chi connectivity index (χ3n) is 4.18. The SMILES string of the molecule is COc1ccc(NS(=O)(=O)c2ccc(NC(=O)c3ccc(OC)c(I)c3)cc2)cc1. The first kappa shape index (κ1) is 21.9. The zero-order valence-corrected chi connectivity index (χ0v) is 19.2. The third kappa shape index (κ3) is 5.22. The number of carbonyl (C=O) groups excluding carboxylic acids is 1. The van der Waals surface area contributed by atoms with E-state index < -0.39 is 10.0 Å². The van der Waals surface area contributed by atoms with E-state index in [0.717, 1.165) is 3.57 Å². The molecule has 0 heterocycles. The van der Waals surface area contributed by atoms with Gasteiger partial charge < -0.3 is 14.8 Å². The Bertz CT molecular complexity index is 1150. The summed E-state index contributed by atoms with van der Waals surface area (Å²) in [5, 5.41) is 2.75. The van der Waals surface area contributed by atoms with Crippen molar-refractivity contribution >= 4 is 49.9 Å². The van der Waals surface area contributed by atoms with E-state index in [4.69, 9.17) is 9.47 Å². The van der Waals surface area contributed by atoms with Crippen LogP contribution < -0.4 is 19.5 Å². The van der Waals surface area contributed by atoms with Gasteiger partial charge in [-0.05, 0) is 89.3 Å². The summed E-state index contributed by atoms with van der Waals surface area (Å²) in [5.74, 6) is 1.01. The predicted molar refractivity (Wildman–Crippen MR) is 124 cm³/mol. The summed E-state index contributed by atoms with van der Waals surface area (Å²) in [6.45, 7) is 0. The van der Waals surface area contributed by atoms with Gasteiger partial charge in [0.1, 0.15) is 11.5 Å². The smallest absolute Gasteiger partial charge is 0.261 e. The molecule has 3 aromatic rings. The molecular formula is C21H19IN2O5S. The molecular weight excluding hydrogens is 519 g/mol. The van der Waals surface area contributed by atoms with Crippen LogP contribution in [0.3, 0.4) is 0 Å². The number of methoxy groups -OCH3 is 2. The van der Waals surface area contributed by atoms with Crippen LogP contribution in [0.5, 0.6) is 11.5 Å². The molecule has 9 heteroatoms. The number of halogens is 1. The van der Waals surface area contributed by atoms with E-state index in [1.807, 2.05) is 0 Å². The Hall–Kier alpha value is -2.79. The van der Waals surface area contributed by atoms with Crippen molar-refractivity contribution in [3.05, 3.63) is 75.9 Å². The molecule has 0 saturated carbocycles. The molecule has 0 aromatic heterocycles. The first-order valence-electron chi connectivity index (χ1n) is 8.74. The summed E-state index contributed by atoms with van der Waals surface area (Å²) >= 11 is 2.09. The maximum Gasteiger partial charge on any atom is 0.261 e. The van der Waals surface area contributed by atoms with Crippen molar-refractivity contribution in [2.75, 3.05) is 24.3 Å². The van der Waals surface area contributed by atoms with Crippen LogP contribution in [0.4, 0.5) is 11.4 Å². The highest BCUT2D eigenvalue weighted by Gasteiger charge is 2.15. The number of benzene rings is 3. The van der Waals surface area contributed by atoms with Crippen LogP contribution >= 0.6 is 22.6 Å². The van der Waals surface area contributed by atoms with Crippen LogP contribution in [0.1, 0.15) is 10.4 Å². The Morgan fingerprint density at radius 2 is 1.50 bits per heavy atom. The topological polar surface area (TPSA) is 93.7 Å². The van der Waals surface area contributed by atoms with Crippen molar-refractivity contribution < 1.29 is 22.7 Å². The highest BCUT2D eigenvalue weighted by atomic mass is 127. The molecule has 2 N–H and O–H groups in total. The quantitative estimate of drug-likeness (QED) is 0.436. The Morgan fingerprint density at radius 3 is 2.07 bits per heavy atom. The summed E-state index contributed by atoms with van der Waals surface area (Å²) in [5.41, 5.74) is 1.37. The summed E-state index contributed by atoms with van der Waals surface area (Å²) in [6, 6.07) is 17.6. The van der Waals surface area contributed by atoms with Gasteiger partial charge in [-0.25, -0.2) is 8.42 Å². The minimum atomic E-state index is -3.76. The Labute approximate surface area is 188 Å². The summed E-state index contributed by atoms with van der Waals surface area (Å²) in [4.78, 5) is 12.5. The molecule has 156 valence electrons. The van der Waals surface area contributed by atoms with Gasteiger partial charge in [-0.3, -0.25) is 9.52 Å². The van der Waals surface area contributed by atoms with Crippen LogP contribution in [0.15, 0.2) is 71.6 Å². The zero-order chi connectivity index (χ0) is 21.7. The van der Waals surface area contributed by atoms with E-state index in [2.05, 4.69) is 32.6 Å². The van der Waals surface area contributed by atoms with E-state index in [-0.39, 0.29) is 10.8 Å². The number of nitrogens with one attached hydrogen (secondary N) is 2. The highest BCUT2D eigenvalue weighted by molar-refractivity contribution is 14.1. The molecule has 7 nitrogen and oxygen atoms in total. The fourth-order valence-corrected chi connectivity index (χ4v) is 4.40. The molecule has 0 unspecified atom stereocenters. The number of hydrogen-bond acceptors (Lipinski definition) is 5. The van der Waals surface area contributed by atoms with Crippen molar-refractivity contribution in [3.8, 4) is 11.5 Å². The van der Waals surface area contributed by atoms with Gasteiger partial charge in [0.2, 0.25) is 0 Å². The van der Waals surface area contributed by atoms with Crippen molar-refractivity contribution in [1.82, 2.24) is 0 Å². The molecule has 0 saturated heterocycles. The summed E-state index contributed by atoms with van der Waals surface area (Å²) < 4.78 is 38.7. The molecule has 0 radical (unpaired) electrons. The minimum Gasteiger partial charge on any atom is -0.497 e. The molecule has 0 spiro atoms. The molecule has 0 atom stereocenters. The van der Waals surface area contributed by atoms with E-state index in [1.54, 1.807) is 49.6 Å². The van der Waals surface area contributed by atoms with Gasteiger partial charge in [0.15, 0.2) is 0 Å². The van der Waals surface area contributed by atoms with Crippen LogP contribution in [0.25, 0.3) is 0 Å². The number of carbonyl (C=O) groups is 1. The molecule has 0 aliphatic carbocycles. The number of hydrogen-bond donors (Lipinski definition) is 2. The Balaban J connectivity index is 1.70. The number of sulfonamides is 1. The standard InChI is InChI=1S/C21H19IN2O5S/c1-28-17-8-4-16(5-9-17)24-30(26,27)18-10-6-15(7-11-18)23-21(25)14-3-12-20(29-2)19(22)13-14/h3-13,24H,1-2H3,(H,23,25). The van der Waals surface area contributed by atoms with Gasteiger partial charge in [0.05, 0.1) is 22.7 Å². The maximum atomic E-state index is 12.6. The van der Waals surface area contributed by atoms with Crippen LogP contribution in [-0.4, -0.2) is 28.5 Å². The first-order chi connectivity index (χ1) is 14.3. The van der Waals surface area contributed by atoms with Crippen molar-refractivity contribution in [2.24, 2.45) is 0 Å². The van der Waals surface area contributed by atoms with Gasteiger partial charge >= 0.3 is 0 Å². The van der Waals surface area contributed by atoms with Gasteiger partial charge in [-0.1, -0.05) is 0 Å². The van der Waals surface area contributed by atoms with Crippen molar-refractivity contribution in [3.63, 3.8) is 0 Å². The number of anilines is 2. The average Bonchev–Trinajstić information content (AvgIpc) is 2.74.